The molecule has 27 heavy (non-hydrogen) atoms. The zero-order chi connectivity index (χ0) is 19.6. The average molecular weight is 371 g/mol. The van der Waals surface area contributed by atoms with Gasteiger partial charge in [0.25, 0.3) is 0 Å². The number of likely N-dealkylation sites (N-methyl/N-ethyl adjacent to an activating group) is 1. The van der Waals surface area contributed by atoms with E-state index in [4.69, 9.17) is 4.74 Å². The third-order valence-corrected chi connectivity index (χ3v) is 3.88. The summed E-state index contributed by atoms with van der Waals surface area (Å²) < 4.78 is 5.72. The van der Waals surface area contributed by atoms with E-state index in [-0.39, 0.29) is 6.03 Å². The lowest BCUT2D eigenvalue weighted by molar-refractivity contribution is 0.240. The molecule has 1 aromatic heterocycles. The third-order valence-electron chi connectivity index (χ3n) is 3.88. The van der Waals surface area contributed by atoms with Gasteiger partial charge in [-0.15, -0.1) is 0 Å². The van der Waals surface area contributed by atoms with Crippen molar-refractivity contribution in [3.63, 3.8) is 0 Å². The second-order valence-corrected chi connectivity index (χ2v) is 6.75. The number of carbonyl (C=O) groups excluding carboxylic acids is 1. The summed E-state index contributed by atoms with van der Waals surface area (Å²) in [5.41, 5.74) is 1.99. The van der Waals surface area contributed by atoms with Gasteiger partial charge in [0.2, 0.25) is 0 Å². The minimum absolute atomic E-state index is 0.211. The maximum atomic E-state index is 12.1. The first kappa shape index (κ1) is 20.5. The Morgan fingerprint density at radius 1 is 1.04 bits per heavy atom. The summed E-state index contributed by atoms with van der Waals surface area (Å²) in [7, 11) is 7.89. The van der Waals surface area contributed by atoms with Crippen LogP contribution in [0.15, 0.2) is 42.6 Å². The van der Waals surface area contributed by atoms with Crippen LogP contribution in [0.25, 0.3) is 0 Å². The molecule has 0 aliphatic carbocycles. The maximum Gasteiger partial charge on any atom is 0.315 e. The number of nitrogens with zero attached hydrogens (tertiary/aromatic N) is 3. The fourth-order valence-electron chi connectivity index (χ4n) is 2.33. The summed E-state index contributed by atoms with van der Waals surface area (Å²) in [5.74, 6) is 1.67. The van der Waals surface area contributed by atoms with E-state index in [2.05, 4.69) is 20.5 Å². The largest absolute Gasteiger partial charge is 0.492 e. The number of amides is 2. The lowest BCUT2D eigenvalue weighted by Gasteiger charge is -2.13. The van der Waals surface area contributed by atoms with Gasteiger partial charge in [-0.05, 0) is 49.5 Å². The molecule has 2 amide bonds. The molecule has 1 heterocycles. The summed E-state index contributed by atoms with van der Waals surface area (Å²) in [5, 5.41) is 5.73. The predicted octanol–water partition coefficient (Wildman–Crippen LogP) is 2.09. The quantitative estimate of drug-likeness (QED) is 0.706. The molecule has 0 radical (unpaired) electrons. The van der Waals surface area contributed by atoms with E-state index >= 15 is 0 Å². The highest BCUT2D eigenvalue weighted by Gasteiger charge is 2.04. The van der Waals surface area contributed by atoms with Gasteiger partial charge in [0.15, 0.2) is 0 Å². The molecule has 0 saturated heterocycles. The molecular formula is C20H29N5O2. The molecule has 2 rings (SSSR count). The van der Waals surface area contributed by atoms with Crippen LogP contribution in [0.1, 0.15) is 11.1 Å². The number of hydrogen-bond donors (Lipinski definition) is 2. The highest BCUT2D eigenvalue weighted by molar-refractivity contribution is 5.73. The fraction of sp³-hybridized carbons (Fsp3) is 0.400. The predicted molar refractivity (Wildman–Crippen MR) is 108 cm³/mol. The van der Waals surface area contributed by atoms with Crippen molar-refractivity contribution >= 4 is 11.8 Å². The zero-order valence-corrected chi connectivity index (χ0v) is 16.5. The highest BCUT2D eigenvalue weighted by Crippen LogP contribution is 2.13. The van der Waals surface area contributed by atoms with Gasteiger partial charge in [-0.3, -0.25) is 0 Å². The van der Waals surface area contributed by atoms with Crippen molar-refractivity contribution in [1.29, 1.82) is 0 Å². The second kappa shape index (κ2) is 10.4. The Morgan fingerprint density at radius 3 is 2.41 bits per heavy atom. The molecule has 0 spiro atoms. The number of benzene rings is 1. The van der Waals surface area contributed by atoms with E-state index in [0.717, 1.165) is 29.2 Å². The number of urea groups is 1. The Kier molecular flexibility index (Phi) is 7.88. The van der Waals surface area contributed by atoms with Crippen molar-refractivity contribution in [2.24, 2.45) is 0 Å². The first-order valence-electron chi connectivity index (χ1n) is 8.94. The van der Waals surface area contributed by atoms with E-state index in [1.165, 1.54) is 0 Å². The monoisotopic (exact) mass is 371 g/mol. The zero-order valence-electron chi connectivity index (χ0n) is 16.5. The lowest BCUT2D eigenvalue weighted by Crippen LogP contribution is -2.34. The molecule has 7 heteroatoms. The number of nitrogens with one attached hydrogen (secondary N) is 2. The lowest BCUT2D eigenvalue weighted by atomic mass is 10.2. The standard InChI is InChI=1S/C20H29N5O2/c1-24(2)10-11-27-18-7-5-6-16(12-18)14-22-20(26)23-15-17-8-9-21-19(13-17)25(3)4/h5-9,12-13H,10-11,14-15H2,1-4H3,(H2,22,23,26). The van der Waals surface area contributed by atoms with Crippen molar-refractivity contribution in [3.8, 4) is 5.75 Å². The number of rotatable bonds is 9. The molecule has 0 fully saturated rings. The van der Waals surface area contributed by atoms with E-state index in [0.29, 0.717) is 19.7 Å². The fourth-order valence-corrected chi connectivity index (χ4v) is 2.33. The molecule has 0 bridgehead atoms. The summed E-state index contributed by atoms with van der Waals surface area (Å²) >= 11 is 0. The van der Waals surface area contributed by atoms with Crippen LogP contribution >= 0.6 is 0 Å². The Hall–Kier alpha value is -2.80. The first-order valence-corrected chi connectivity index (χ1v) is 8.94. The first-order chi connectivity index (χ1) is 12.9. The van der Waals surface area contributed by atoms with E-state index in [9.17, 15) is 4.79 Å². The molecule has 2 N–H and O–H groups in total. The number of hydrogen-bond acceptors (Lipinski definition) is 5. The summed E-state index contributed by atoms with van der Waals surface area (Å²) in [6, 6.07) is 11.4. The van der Waals surface area contributed by atoms with Gasteiger partial charge in [-0.2, -0.15) is 0 Å². The Labute approximate surface area is 161 Å². The van der Waals surface area contributed by atoms with Gasteiger partial charge in [-0.25, -0.2) is 9.78 Å². The van der Waals surface area contributed by atoms with Crippen molar-refractivity contribution in [1.82, 2.24) is 20.5 Å². The molecular weight excluding hydrogens is 342 g/mol. The minimum atomic E-state index is -0.211. The van der Waals surface area contributed by atoms with Crippen LogP contribution in [-0.4, -0.2) is 57.3 Å². The van der Waals surface area contributed by atoms with Crippen LogP contribution in [0.3, 0.4) is 0 Å². The number of pyridine rings is 1. The number of ether oxygens (including phenoxy) is 1. The van der Waals surface area contributed by atoms with Gasteiger partial charge in [-0.1, -0.05) is 12.1 Å². The average Bonchev–Trinajstić information content (AvgIpc) is 2.65. The third kappa shape index (κ3) is 7.53. The van der Waals surface area contributed by atoms with Crippen molar-refractivity contribution in [2.75, 3.05) is 46.2 Å². The van der Waals surface area contributed by atoms with Gasteiger partial charge in [0.1, 0.15) is 18.2 Å². The van der Waals surface area contributed by atoms with Crippen molar-refractivity contribution in [3.05, 3.63) is 53.7 Å². The highest BCUT2D eigenvalue weighted by atomic mass is 16.5. The van der Waals surface area contributed by atoms with E-state index < -0.39 is 0 Å². The Balaban J connectivity index is 1.77. The smallest absolute Gasteiger partial charge is 0.315 e. The van der Waals surface area contributed by atoms with Gasteiger partial charge < -0.3 is 25.2 Å². The van der Waals surface area contributed by atoms with Gasteiger partial charge in [0, 0.05) is 39.9 Å². The van der Waals surface area contributed by atoms with E-state index in [1.54, 1.807) is 6.20 Å². The summed E-state index contributed by atoms with van der Waals surface area (Å²) in [4.78, 5) is 20.3. The SMILES string of the molecule is CN(C)CCOc1cccc(CNC(=O)NCc2ccnc(N(C)C)c2)c1. The Bertz CT molecular complexity index is 734. The Morgan fingerprint density at radius 2 is 1.74 bits per heavy atom. The second-order valence-electron chi connectivity index (χ2n) is 6.75. The number of aromatic nitrogens is 1. The topological polar surface area (TPSA) is 69.7 Å². The van der Waals surface area contributed by atoms with Gasteiger partial charge in [0.05, 0.1) is 0 Å². The molecule has 2 aromatic rings. The van der Waals surface area contributed by atoms with E-state index in [1.807, 2.05) is 69.5 Å². The van der Waals surface area contributed by atoms with Crippen LogP contribution in [0.5, 0.6) is 5.75 Å². The number of carbonyl (C=O) groups is 1. The van der Waals surface area contributed by atoms with Gasteiger partial charge >= 0.3 is 6.03 Å². The molecule has 0 aliphatic heterocycles. The molecule has 1 aromatic carbocycles. The van der Waals surface area contributed by atoms with Crippen LogP contribution in [0.2, 0.25) is 0 Å². The molecule has 0 unspecified atom stereocenters. The van der Waals surface area contributed by atoms with Crippen LogP contribution in [0, 0.1) is 0 Å². The van der Waals surface area contributed by atoms with Crippen molar-refractivity contribution in [2.45, 2.75) is 13.1 Å². The molecule has 0 aliphatic rings. The normalized spacial score (nSPS) is 10.6. The van der Waals surface area contributed by atoms with Crippen LogP contribution in [0.4, 0.5) is 10.6 Å². The minimum Gasteiger partial charge on any atom is -0.492 e. The summed E-state index contributed by atoms with van der Waals surface area (Å²) in [6.07, 6.45) is 1.74. The van der Waals surface area contributed by atoms with Crippen LogP contribution < -0.4 is 20.3 Å². The molecule has 0 saturated carbocycles. The molecule has 0 atom stereocenters. The molecule has 146 valence electrons. The molecule has 7 nitrogen and oxygen atoms in total. The summed E-state index contributed by atoms with van der Waals surface area (Å²) in [6.45, 7) is 2.37. The van der Waals surface area contributed by atoms with Crippen molar-refractivity contribution < 1.29 is 9.53 Å². The van der Waals surface area contributed by atoms with Crippen LogP contribution in [-0.2, 0) is 13.1 Å². The number of anilines is 1. The maximum absolute atomic E-state index is 12.1.